The summed E-state index contributed by atoms with van der Waals surface area (Å²) in [7, 11) is 0. The van der Waals surface area contributed by atoms with E-state index in [9.17, 15) is 4.79 Å². The summed E-state index contributed by atoms with van der Waals surface area (Å²) in [6.45, 7) is 5.48. The first-order valence-electron chi connectivity index (χ1n) is 5.40. The average molecular weight is 263 g/mol. The summed E-state index contributed by atoms with van der Waals surface area (Å²) in [6.07, 6.45) is 0. The Morgan fingerprint density at radius 1 is 1.28 bits per heavy atom. The molecule has 0 fully saturated rings. The highest BCUT2D eigenvalue weighted by Gasteiger charge is 2.18. The van der Waals surface area contributed by atoms with Gasteiger partial charge in [-0.2, -0.15) is 4.37 Å². The van der Waals surface area contributed by atoms with Gasteiger partial charge >= 0.3 is 5.97 Å². The van der Waals surface area contributed by atoms with Crippen molar-refractivity contribution >= 4 is 28.2 Å². The van der Waals surface area contributed by atoms with Gasteiger partial charge in [0.2, 0.25) is 0 Å². The van der Waals surface area contributed by atoms with Gasteiger partial charge in [-0.1, -0.05) is 0 Å². The lowest BCUT2D eigenvalue weighted by molar-refractivity contribution is 0.0697. The third-order valence-corrected chi connectivity index (χ3v) is 3.40. The van der Waals surface area contributed by atoms with Crippen LogP contribution in [0.1, 0.15) is 27.4 Å². The second-order valence-corrected chi connectivity index (χ2v) is 4.76. The molecule has 0 atom stereocenters. The molecule has 5 nitrogen and oxygen atoms in total. The van der Waals surface area contributed by atoms with Crippen LogP contribution in [0.2, 0.25) is 0 Å². The van der Waals surface area contributed by atoms with Crippen LogP contribution in [0.25, 0.3) is 0 Å². The van der Waals surface area contributed by atoms with Crippen LogP contribution in [0.15, 0.2) is 12.1 Å². The van der Waals surface area contributed by atoms with Gasteiger partial charge in [-0.25, -0.2) is 4.79 Å². The summed E-state index contributed by atoms with van der Waals surface area (Å²) in [4.78, 5) is 15.5. The van der Waals surface area contributed by atoms with E-state index in [1.807, 2.05) is 26.0 Å². The van der Waals surface area contributed by atoms with Gasteiger partial charge in [0, 0.05) is 5.69 Å². The van der Waals surface area contributed by atoms with Crippen molar-refractivity contribution in [2.75, 3.05) is 5.32 Å². The second-order valence-electron chi connectivity index (χ2n) is 3.99. The largest absolute Gasteiger partial charge is 0.478 e. The number of carboxylic acids is 1. The van der Waals surface area contributed by atoms with Crippen molar-refractivity contribution < 1.29 is 9.90 Å². The second kappa shape index (κ2) is 4.73. The average Bonchev–Trinajstić information content (AvgIpc) is 2.64. The summed E-state index contributed by atoms with van der Waals surface area (Å²) in [6, 6.07) is 3.77. The van der Waals surface area contributed by atoms with E-state index in [0.29, 0.717) is 10.7 Å². The minimum atomic E-state index is -0.971. The van der Waals surface area contributed by atoms with Crippen LogP contribution in [0.5, 0.6) is 0 Å². The van der Waals surface area contributed by atoms with E-state index in [-0.39, 0.29) is 5.56 Å². The van der Waals surface area contributed by atoms with Crippen molar-refractivity contribution in [2.45, 2.75) is 20.8 Å². The quantitative estimate of drug-likeness (QED) is 0.890. The lowest BCUT2D eigenvalue weighted by Crippen LogP contribution is -2.02. The van der Waals surface area contributed by atoms with Crippen molar-refractivity contribution in [1.29, 1.82) is 0 Å². The van der Waals surface area contributed by atoms with E-state index in [1.54, 1.807) is 6.92 Å². The molecule has 0 aliphatic carbocycles. The number of aromatic nitrogens is 2. The molecule has 2 aromatic heterocycles. The van der Waals surface area contributed by atoms with E-state index in [2.05, 4.69) is 14.7 Å². The number of rotatable bonds is 3. The molecule has 18 heavy (non-hydrogen) atoms. The number of aromatic carboxylic acids is 1. The smallest absolute Gasteiger partial charge is 0.340 e. The van der Waals surface area contributed by atoms with Gasteiger partial charge in [-0.05, 0) is 44.4 Å². The van der Waals surface area contributed by atoms with E-state index < -0.39 is 5.97 Å². The minimum absolute atomic E-state index is 0.222. The van der Waals surface area contributed by atoms with Crippen LogP contribution in [-0.2, 0) is 0 Å². The van der Waals surface area contributed by atoms with Crippen LogP contribution in [0, 0.1) is 20.8 Å². The van der Waals surface area contributed by atoms with Crippen molar-refractivity contribution in [3.8, 4) is 0 Å². The number of anilines is 2. The van der Waals surface area contributed by atoms with E-state index in [4.69, 9.17) is 5.11 Å². The Labute approximate surface area is 109 Å². The molecule has 0 amide bonds. The highest BCUT2D eigenvalue weighted by Crippen LogP contribution is 2.28. The molecular weight excluding hydrogens is 250 g/mol. The molecule has 6 heteroatoms. The van der Waals surface area contributed by atoms with Gasteiger partial charge in [0.1, 0.15) is 10.6 Å². The molecule has 0 aliphatic heterocycles. The fraction of sp³-hybridized carbons (Fsp3) is 0.250. The maximum absolute atomic E-state index is 11.1. The first kappa shape index (κ1) is 12.5. The van der Waals surface area contributed by atoms with Crippen molar-refractivity contribution in [1.82, 2.24) is 9.36 Å². The molecule has 0 bridgehead atoms. The summed E-state index contributed by atoms with van der Waals surface area (Å²) < 4.78 is 4.06. The Morgan fingerprint density at radius 3 is 2.61 bits per heavy atom. The lowest BCUT2D eigenvalue weighted by atomic mass is 10.2. The topological polar surface area (TPSA) is 75.1 Å². The number of carbonyl (C=O) groups is 1. The van der Waals surface area contributed by atoms with Crippen molar-refractivity contribution in [3.05, 3.63) is 34.8 Å². The maximum atomic E-state index is 11.1. The number of carboxylic acid groups (broad SMARTS) is 1. The van der Waals surface area contributed by atoms with E-state index in [0.717, 1.165) is 28.6 Å². The van der Waals surface area contributed by atoms with Crippen LogP contribution < -0.4 is 5.32 Å². The van der Waals surface area contributed by atoms with Gasteiger partial charge in [0.15, 0.2) is 0 Å². The lowest BCUT2D eigenvalue weighted by Gasteiger charge is -2.08. The third-order valence-electron chi connectivity index (χ3n) is 2.55. The van der Waals surface area contributed by atoms with Crippen molar-refractivity contribution in [2.24, 2.45) is 0 Å². The number of hydrogen-bond donors (Lipinski definition) is 2. The summed E-state index contributed by atoms with van der Waals surface area (Å²) in [5.41, 5.74) is 3.30. The molecule has 0 aliphatic rings. The van der Waals surface area contributed by atoms with Crippen LogP contribution in [0.4, 0.5) is 10.7 Å². The number of pyridine rings is 1. The van der Waals surface area contributed by atoms with Gasteiger partial charge in [0.05, 0.1) is 17.1 Å². The van der Waals surface area contributed by atoms with Gasteiger partial charge in [0.25, 0.3) is 0 Å². The Hall–Kier alpha value is -1.95. The maximum Gasteiger partial charge on any atom is 0.340 e. The summed E-state index contributed by atoms with van der Waals surface area (Å²) in [5.74, 6) is -0.971. The molecule has 2 rings (SSSR count). The minimum Gasteiger partial charge on any atom is -0.478 e. The molecule has 0 saturated heterocycles. The number of hydrogen-bond acceptors (Lipinski definition) is 5. The molecule has 0 spiro atoms. The Bertz CT molecular complexity index is 607. The summed E-state index contributed by atoms with van der Waals surface area (Å²) in [5, 5.41) is 12.8. The monoisotopic (exact) mass is 263 g/mol. The summed E-state index contributed by atoms with van der Waals surface area (Å²) >= 11 is 1.14. The fourth-order valence-corrected chi connectivity index (χ4v) is 2.45. The molecular formula is C12H13N3O2S. The zero-order valence-corrected chi connectivity index (χ0v) is 11.1. The molecule has 2 aromatic rings. The molecule has 2 heterocycles. The molecule has 0 saturated carbocycles. The Morgan fingerprint density at radius 2 is 2.00 bits per heavy atom. The third kappa shape index (κ3) is 2.33. The van der Waals surface area contributed by atoms with Gasteiger partial charge in [-0.15, -0.1) is 0 Å². The number of nitrogens with one attached hydrogen (secondary N) is 1. The van der Waals surface area contributed by atoms with Crippen LogP contribution >= 0.6 is 11.5 Å². The Kier molecular flexibility index (Phi) is 3.29. The molecule has 0 aromatic carbocycles. The van der Waals surface area contributed by atoms with Gasteiger partial charge < -0.3 is 10.4 Å². The van der Waals surface area contributed by atoms with Crippen molar-refractivity contribution in [3.63, 3.8) is 0 Å². The molecule has 0 unspecified atom stereocenters. The molecule has 0 radical (unpaired) electrons. The van der Waals surface area contributed by atoms with Crippen LogP contribution in [-0.4, -0.2) is 20.4 Å². The normalized spacial score (nSPS) is 10.4. The first-order chi connectivity index (χ1) is 8.49. The predicted molar refractivity (Wildman–Crippen MR) is 70.8 cm³/mol. The first-order valence-corrected chi connectivity index (χ1v) is 6.17. The van der Waals surface area contributed by atoms with E-state index in [1.165, 1.54) is 0 Å². The highest BCUT2D eigenvalue weighted by atomic mass is 32.1. The van der Waals surface area contributed by atoms with Crippen LogP contribution in [0.3, 0.4) is 0 Å². The fourth-order valence-electron chi connectivity index (χ4n) is 1.65. The zero-order chi connectivity index (χ0) is 13.3. The number of nitrogens with zero attached hydrogens (tertiary/aromatic N) is 2. The molecule has 2 N–H and O–H groups in total. The van der Waals surface area contributed by atoms with E-state index >= 15 is 0 Å². The number of aryl methyl sites for hydroxylation is 3. The zero-order valence-electron chi connectivity index (χ0n) is 10.3. The molecule has 94 valence electrons. The Balaban J connectivity index is 2.37. The SMILES string of the molecule is Cc1ccc(Nc2snc(C)c2C(=O)O)c(C)n1. The highest BCUT2D eigenvalue weighted by molar-refractivity contribution is 7.10. The predicted octanol–water partition coefficient (Wildman–Crippen LogP) is 2.91. The van der Waals surface area contributed by atoms with Gasteiger partial charge in [-0.3, -0.25) is 4.98 Å². The standard InChI is InChI=1S/C12H13N3O2S/c1-6-4-5-9(7(2)13-6)14-11-10(12(16)17)8(3)15-18-11/h4-5,14H,1-3H3,(H,16,17).